The van der Waals surface area contributed by atoms with Crippen LogP contribution < -0.4 is 9.47 Å². The molecule has 0 bridgehead atoms. The third kappa shape index (κ3) is 4.73. The molecule has 1 amide bonds. The van der Waals surface area contributed by atoms with Crippen molar-refractivity contribution in [1.29, 1.82) is 0 Å². The predicted octanol–water partition coefficient (Wildman–Crippen LogP) is 4.85. The Hall–Kier alpha value is -3.07. The van der Waals surface area contributed by atoms with E-state index in [1.807, 2.05) is 32.0 Å². The van der Waals surface area contributed by atoms with Gasteiger partial charge in [-0.3, -0.25) is 14.9 Å². The minimum absolute atomic E-state index is 0.00909. The number of nitro benzene ring substituents is 1. The van der Waals surface area contributed by atoms with Crippen LogP contribution in [0.3, 0.4) is 0 Å². The van der Waals surface area contributed by atoms with Crippen LogP contribution in [-0.2, 0) is 6.54 Å². The van der Waals surface area contributed by atoms with Gasteiger partial charge in [-0.15, -0.1) is 0 Å². The lowest BCUT2D eigenvalue weighted by atomic mass is 10.0. The monoisotopic (exact) mass is 429 g/mol. The van der Waals surface area contributed by atoms with Crippen LogP contribution in [-0.4, -0.2) is 39.8 Å². The standard InChI is InChI=1S/C21H23N3O5S/c1-4-19-20(15-8-11-17(29-5-2)18(12-15)28-3)22-23(21(25)30-19)13-14-6-9-16(10-7-14)24(26)27/h6-12,19H,4-5,13H2,1-3H3. The normalized spacial score (nSPS) is 16.2. The van der Waals surface area contributed by atoms with Gasteiger partial charge >= 0.3 is 5.24 Å². The lowest BCUT2D eigenvalue weighted by molar-refractivity contribution is -0.384. The Morgan fingerprint density at radius 3 is 2.50 bits per heavy atom. The summed E-state index contributed by atoms with van der Waals surface area (Å²) in [6, 6.07) is 11.7. The Labute approximate surface area is 179 Å². The molecule has 8 nitrogen and oxygen atoms in total. The number of thioether (sulfide) groups is 1. The van der Waals surface area contributed by atoms with Crippen molar-refractivity contribution in [2.45, 2.75) is 32.1 Å². The molecular weight excluding hydrogens is 406 g/mol. The molecule has 0 saturated carbocycles. The van der Waals surface area contributed by atoms with Gasteiger partial charge in [-0.1, -0.05) is 30.8 Å². The molecular formula is C21H23N3O5S. The van der Waals surface area contributed by atoms with Crippen molar-refractivity contribution in [1.82, 2.24) is 5.01 Å². The first-order valence-corrected chi connectivity index (χ1v) is 10.5. The molecule has 0 radical (unpaired) electrons. The van der Waals surface area contributed by atoms with Crippen molar-refractivity contribution < 1.29 is 19.2 Å². The molecule has 3 rings (SSSR count). The van der Waals surface area contributed by atoms with E-state index in [9.17, 15) is 14.9 Å². The maximum Gasteiger partial charge on any atom is 0.302 e. The highest BCUT2D eigenvalue weighted by atomic mass is 32.2. The molecule has 0 spiro atoms. The van der Waals surface area contributed by atoms with Gasteiger partial charge in [-0.05, 0) is 37.1 Å². The molecule has 0 N–H and O–H groups in total. The number of ether oxygens (including phenoxy) is 2. The second-order valence-corrected chi connectivity index (χ2v) is 7.70. The van der Waals surface area contributed by atoms with Crippen LogP contribution in [0.15, 0.2) is 47.6 Å². The molecule has 9 heteroatoms. The number of carbonyl (C=O) groups is 1. The third-order valence-electron chi connectivity index (χ3n) is 4.60. The summed E-state index contributed by atoms with van der Waals surface area (Å²) < 4.78 is 11.0. The maximum absolute atomic E-state index is 12.6. The first-order chi connectivity index (χ1) is 14.5. The highest BCUT2D eigenvalue weighted by molar-refractivity contribution is 8.14. The zero-order valence-electron chi connectivity index (χ0n) is 17.0. The lowest BCUT2D eigenvalue weighted by Gasteiger charge is -2.28. The van der Waals surface area contributed by atoms with E-state index in [0.717, 1.165) is 23.3 Å². The van der Waals surface area contributed by atoms with Gasteiger partial charge in [0.1, 0.15) is 0 Å². The van der Waals surface area contributed by atoms with E-state index in [4.69, 9.17) is 9.47 Å². The zero-order chi connectivity index (χ0) is 21.7. The largest absolute Gasteiger partial charge is 0.493 e. The highest BCUT2D eigenvalue weighted by Gasteiger charge is 2.30. The summed E-state index contributed by atoms with van der Waals surface area (Å²) in [7, 11) is 1.58. The van der Waals surface area contributed by atoms with Gasteiger partial charge in [0, 0.05) is 17.7 Å². The number of nitro groups is 1. The Morgan fingerprint density at radius 2 is 1.90 bits per heavy atom. The fraction of sp³-hybridized carbons (Fsp3) is 0.333. The van der Waals surface area contributed by atoms with Crippen molar-refractivity contribution in [3.63, 3.8) is 0 Å². The number of nitrogens with zero attached hydrogens (tertiary/aromatic N) is 3. The first-order valence-electron chi connectivity index (χ1n) is 9.58. The molecule has 0 aliphatic carbocycles. The number of hydrazone groups is 1. The van der Waals surface area contributed by atoms with Crippen molar-refractivity contribution in [2.24, 2.45) is 5.10 Å². The van der Waals surface area contributed by atoms with Gasteiger partial charge in [0.05, 0.1) is 36.1 Å². The van der Waals surface area contributed by atoms with Crippen LogP contribution in [0.5, 0.6) is 11.5 Å². The summed E-state index contributed by atoms with van der Waals surface area (Å²) in [6.45, 7) is 4.68. The predicted molar refractivity (Wildman–Crippen MR) is 116 cm³/mol. The SMILES string of the molecule is CCOc1ccc(C2=NN(Cc3ccc([N+](=O)[O-])cc3)C(=O)SC2CC)cc1OC. The van der Waals surface area contributed by atoms with Crippen LogP contribution in [0.1, 0.15) is 31.4 Å². The summed E-state index contributed by atoms with van der Waals surface area (Å²) >= 11 is 1.23. The Kier molecular flexibility index (Phi) is 6.94. The van der Waals surface area contributed by atoms with Gasteiger partial charge in [0.2, 0.25) is 0 Å². The number of non-ortho nitro benzene ring substituents is 1. The molecule has 2 aromatic rings. The molecule has 1 heterocycles. The molecule has 1 atom stereocenters. The van der Waals surface area contributed by atoms with E-state index < -0.39 is 4.92 Å². The van der Waals surface area contributed by atoms with Crippen molar-refractivity contribution in [3.8, 4) is 11.5 Å². The fourth-order valence-corrected chi connectivity index (χ4v) is 4.02. The zero-order valence-corrected chi connectivity index (χ0v) is 17.8. The molecule has 2 aromatic carbocycles. The fourth-order valence-electron chi connectivity index (χ4n) is 3.09. The molecule has 1 unspecified atom stereocenters. The number of hydrogen-bond acceptors (Lipinski definition) is 7. The number of rotatable bonds is 8. The van der Waals surface area contributed by atoms with Crippen molar-refractivity contribution >= 4 is 28.4 Å². The number of hydrogen-bond donors (Lipinski definition) is 0. The second kappa shape index (κ2) is 9.62. The van der Waals surface area contributed by atoms with Crippen LogP contribution in [0, 0.1) is 10.1 Å². The minimum atomic E-state index is -0.451. The number of benzene rings is 2. The first kappa shape index (κ1) is 21.6. The van der Waals surface area contributed by atoms with Crippen LogP contribution >= 0.6 is 11.8 Å². The maximum atomic E-state index is 12.6. The van der Waals surface area contributed by atoms with Crippen LogP contribution in [0.4, 0.5) is 10.5 Å². The average Bonchev–Trinajstić information content (AvgIpc) is 2.75. The van der Waals surface area contributed by atoms with Crippen molar-refractivity contribution in [3.05, 3.63) is 63.7 Å². The van der Waals surface area contributed by atoms with E-state index in [2.05, 4.69) is 5.10 Å². The van der Waals surface area contributed by atoms with E-state index in [0.29, 0.717) is 18.1 Å². The second-order valence-electron chi connectivity index (χ2n) is 6.55. The van der Waals surface area contributed by atoms with Crippen LogP contribution in [0.25, 0.3) is 0 Å². The Morgan fingerprint density at radius 1 is 1.17 bits per heavy atom. The summed E-state index contributed by atoms with van der Waals surface area (Å²) in [5.41, 5.74) is 2.41. The highest BCUT2D eigenvalue weighted by Crippen LogP contribution is 2.34. The van der Waals surface area contributed by atoms with E-state index in [1.165, 1.54) is 28.9 Å². The van der Waals surface area contributed by atoms with Crippen molar-refractivity contribution in [2.75, 3.05) is 13.7 Å². The summed E-state index contributed by atoms with van der Waals surface area (Å²) in [5, 5.41) is 16.6. The van der Waals surface area contributed by atoms with E-state index in [1.54, 1.807) is 19.2 Å². The van der Waals surface area contributed by atoms with Crippen LogP contribution in [0.2, 0.25) is 0 Å². The quantitative estimate of drug-likeness (QED) is 0.440. The lowest BCUT2D eigenvalue weighted by Crippen LogP contribution is -2.34. The molecule has 1 aliphatic heterocycles. The molecule has 0 saturated heterocycles. The third-order valence-corrected chi connectivity index (χ3v) is 5.85. The average molecular weight is 429 g/mol. The molecule has 30 heavy (non-hydrogen) atoms. The number of amides is 1. The van der Waals surface area contributed by atoms with Gasteiger partial charge in [0.15, 0.2) is 11.5 Å². The number of carbonyl (C=O) groups excluding carboxylic acids is 1. The van der Waals surface area contributed by atoms with E-state index in [-0.39, 0.29) is 22.7 Å². The minimum Gasteiger partial charge on any atom is -0.493 e. The molecule has 1 aliphatic rings. The Balaban J connectivity index is 1.91. The molecule has 0 aromatic heterocycles. The topological polar surface area (TPSA) is 94.3 Å². The summed E-state index contributed by atoms with van der Waals surface area (Å²) in [5.74, 6) is 1.26. The number of methoxy groups -OCH3 is 1. The summed E-state index contributed by atoms with van der Waals surface area (Å²) in [6.07, 6.45) is 0.746. The molecule has 0 fully saturated rings. The smallest absolute Gasteiger partial charge is 0.302 e. The Bertz CT molecular complexity index is 962. The van der Waals surface area contributed by atoms with Gasteiger partial charge in [-0.25, -0.2) is 5.01 Å². The van der Waals surface area contributed by atoms with Gasteiger partial charge in [-0.2, -0.15) is 5.10 Å². The summed E-state index contributed by atoms with van der Waals surface area (Å²) in [4.78, 5) is 23.0. The van der Waals surface area contributed by atoms with Gasteiger partial charge in [0.25, 0.3) is 5.69 Å². The van der Waals surface area contributed by atoms with Gasteiger partial charge < -0.3 is 9.47 Å². The van der Waals surface area contributed by atoms with E-state index >= 15 is 0 Å². The molecule has 158 valence electrons.